The van der Waals surface area contributed by atoms with Crippen LogP contribution in [0.5, 0.6) is 0 Å². The Bertz CT molecular complexity index is 1040. The molecule has 6 heteroatoms. The monoisotopic (exact) mass is 375 g/mol. The number of aromatic amines is 1. The number of carbonyl (C=O) groups is 1. The minimum absolute atomic E-state index is 0.138. The molecule has 1 spiro atoms. The van der Waals surface area contributed by atoms with E-state index in [2.05, 4.69) is 24.6 Å². The molecule has 6 rings (SSSR count). The summed E-state index contributed by atoms with van der Waals surface area (Å²) >= 11 is 0. The van der Waals surface area contributed by atoms with Gasteiger partial charge in [-0.3, -0.25) is 4.79 Å². The van der Waals surface area contributed by atoms with Gasteiger partial charge in [0.15, 0.2) is 0 Å². The van der Waals surface area contributed by atoms with Gasteiger partial charge in [0.25, 0.3) is 5.91 Å². The van der Waals surface area contributed by atoms with Crippen molar-refractivity contribution in [2.75, 3.05) is 13.1 Å². The van der Waals surface area contributed by atoms with Gasteiger partial charge in [-0.15, -0.1) is 10.2 Å². The zero-order valence-electron chi connectivity index (χ0n) is 16.0. The number of hydrogen-bond donors (Lipinski definition) is 1. The van der Waals surface area contributed by atoms with Crippen molar-refractivity contribution < 1.29 is 4.79 Å². The fourth-order valence-corrected chi connectivity index (χ4v) is 5.23. The van der Waals surface area contributed by atoms with Gasteiger partial charge in [-0.05, 0) is 60.6 Å². The van der Waals surface area contributed by atoms with Crippen molar-refractivity contribution in [2.45, 2.75) is 44.6 Å². The molecule has 1 atom stereocenters. The Balaban J connectivity index is 1.29. The van der Waals surface area contributed by atoms with Crippen LogP contribution in [0, 0.1) is 11.3 Å². The third-order valence-corrected chi connectivity index (χ3v) is 7.20. The first-order chi connectivity index (χ1) is 13.7. The van der Waals surface area contributed by atoms with E-state index in [0.717, 1.165) is 47.8 Å². The molecule has 1 aliphatic heterocycles. The number of aromatic nitrogens is 4. The summed E-state index contributed by atoms with van der Waals surface area (Å²) in [5.41, 5.74) is 1.98. The highest BCUT2D eigenvalue weighted by atomic mass is 16.2. The quantitative estimate of drug-likeness (QED) is 0.758. The summed E-state index contributed by atoms with van der Waals surface area (Å²) in [7, 11) is 0. The highest BCUT2D eigenvalue weighted by Crippen LogP contribution is 2.55. The highest BCUT2D eigenvalue weighted by molar-refractivity contribution is 5.98. The molecule has 0 bridgehead atoms. The van der Waals surface area contributed by atoms with Crippen LogP contribution in [0.25, 0.3) is 10.9 Å². The van der Waals surface area contributed by atoms with E-state index in [9.17, 15) is 4.79 Å². The Morgan fingerprint density at radius 2 is 2.14 bits per heavy atom. The van der Waals surface area contributed by atoms with E-state index in [1.807, 2.05) is 36.8 Å². The Morgan fingerprint density at radius 1 is 1.25 bits per heavy atom. The second-order valence-corrected chi connectivity index (χ2v) is 9.02. The minimum atomic E-state index is 0.138. The molecule has 6 nitrogen and oxygen atoms in total. The summed E-state index contributed by atoms with van der Waals surface area (Å²) in [5, 5.41) is 9.90. The summed E-state index contributed by atoms with van der Waals surface area (Å²) in [6.45, 7) is 2.63. The van der Waals surface area contributed by atoms with E-state index in [4.69, 9.17) is 0 Å². The van der Waals surface area contributed by atoms with E-state index >= 15 is 0 Å². The van der Waals surface area contributed by atoms with Crippen LogP contribution < -0.4 is 0 Å². The number of rotatable bonds is 4. The molecule has 2 aliphatic carbocycles. The molecule has 1 saturated heterocycles. The molecular formula is C22H25N5O. The van der Waals surface area contributed by atoms with Crippen molar-refractivity contribution in [1.29, 1.82) is 0 Å². The molecule has 3 heterocycles. The first-order valence-electron chi connectivity index (χ1n) is 10.5. The van der Waals surface area contributed by atoms with E-state index in [1.54, 1.807) is 0 Å². The third kappa shape index (κ3) is 2.50. The molecule has 1 unspecified atom stereocenters. The lowest BCUT2D eigenvalue weighted by Gasteiger charge is -2.42. The number of nitrogens with zero attached hydrogens (tertiary/aromatic N) is 4. The largest absolute Gasteiger partial charge is 0.361 e. The van der Waals surface area contributed by atoms with Gasteiger partial charge in [0.1, 0.15) is 12.2 Å². The summed E-state index contributed by atoms with van der Waals surface area (Å²) in [6.07, 6.45) is 10.1. The van der Waals surface area contributed by atoms with E-state index < -0.39 is 0 Å². The average Bonchev–Trinajstić information content (AvgIpc) is 3.09. The number of benzene rings is 1. The van der Waals surface area contributed by atoms with Crippen molar-refractivity contribution in [3.63, 3.8) is 0 Å². The van der Waals surface area contributed by atoms with Gasteiger partial charge in [-0.25, -0.2) is 0 Å². The molecule has 2 saturated carbocycles. The van der Waals surface area contributed by atoms with E-state index in [0.29, 0.717) is 5.92 Å². The van der Waals surface area contributed by atoms with Crippen LogP contribution in [0.1, 0.15) is 54.2 Å². The molecule has 3 fully saturated rings. The maximum Gasteiger partial charge on any atom is 0.253 e. The molecule has 1 amide bonds. The lowest BCUT2D eigenvalue weighted by Crippen LogP contribution is -2.38. The minimum Gasteiger partial charge on any atom is -0.361 e. The maximum absolute atomic E-state index is 13.3. The highest BCUT2D eigenvalue weighted by Gasteiger charge is 2.53. The average molecular weight is 375 g/mol. The maximum atomic E-state index is 13.3. The summed E-state index contributed by atoms with van der Waals surface area (Å²) in [5.74, 6) is 2.33. The smallest absolute Gasteiger partial charge is 0.253 e. The van der Waals surface area contributed by atoms with Crippen molar-refractivity contribution >= 4 is 16.8 Å². The zero-order valence-corrected chi connectivity index (χ0v) is 16.0. The Kier molecular flexibility index (Phi) is 3.46. The van der Waals surface area contributed by atoms with Crippen molar-refractivity contribution in [1.82, 2.24) is 24.6 Å². The van der Waals surface area contributed by atoms with Crippen molar-refractivity contribution in [3.8, 4) is 0 Å². The normalized spacial score (nSPS) is 23.4. The molecule has 3 aliphatic rings. The molecule has 0 radical (unpaired) electrons. The Morgan fingerprint density at radius 3 is 2.93 bits per heavy atom. The molecule has 2 aromatic heterocycles. The lowest BCUT2D eigenvalue weighted by atomic mass is 9.62. The third-order valence-electron chi connectivity index (χ3n) is 7.20. The van der Waals surface area contributed by atoms with E-state index in [1.165, 1.54) is 32.1 Å². The number of H-pyrrole nitrogens is 1. The molecule has 1 aromatic carbocycles. The topological polar surface area (TPSA) is 66.8 Å². The second kappa shape index (κ2) is 5.93. The van der Waals surface area contributed by atoms with Crippen LogP contribution in [0.3, 0.4) is 0 Å². The van der Waals surface area contributed by atoms with Gasteiger partial charge < -0.3 is 14.5 Å². The van der Waals surface area contributed by atoms with Crippen LogP contribution >= 0.6 is 0 Å². The van der Waals surface area contributed by atoms with Gasteiger partial charge in [0, 0.05) is 42.8 Å². The van der Waals surface area contributed by atoms with Gasteiger partial charge >= 0.3 is 0 Å². The van der Waals surface area contributed by atoms with Crippen LogP contribution in [-0.4, -0.2) is 43.6 Å². The predicted octanol–water partition coefficient (Wildman–Crippen LogP) is 3.58. The first-order valence-corrected chi connectivity index (χ1v) is 10.5. The molecular weight excluding hydrogens is 350 g/mol. The molecule has 28 heavy (non-hydrogen) atoms. The zero-order chi connectivity index (χ0) is 18.7. The number of amides is 1. The predicted molar refractivity (Wildman–Crippen MR) is 106 cm³/mol. The summed E-state index contributed by atoms with van der Waals surface area (Å²) in [4.78, 5) is 18.6. The summed E-state index contributed by atoms with van der Waals surface area (Å²) < 4.78 is 2.27. The first kappa shape index (κ1) is 16.3. The van der Waals surface area contributed by atoms with Crippen LogP contribution in [-0.2, 0) is 6.54 Å². The van der Waals surface area contributed by atoms with E-state index in [-0.39, 0.29) is 11.3 Å². The van der Waals surface area contributed by atoms with Crippen LogP contribution in [0.2, 0.25) is 0 Å². The number of hydrogen-bond acceptors (Lipinski definition) is 3. The molecule has 1 N–H and O–H groups in total. The van der Waals surface area contributed by atoms with Gasteiger partial charge in [-0.2, -0.15) is 0 Å². The summed E-state index contributed by atoms with van der Waals surface area (Å²) in [6, 6.07) is 7.99. The number of carbonyl (C=O) groups excluding carboxylic acids is 1. The van der Waals surface area contributed by atoms with Crippen molar-refractivity contribution in [2.24, 2.45) is 11.3 Å². The Hall–Kier alpha value is -2.63. The number of fused-ring (bicyclic) bond motifs is 1. The number of likely N-dealkylation sites (tertiary alicyclic amines) is 1. The van der Waals surface area contributed by atoms with Crippen molar-refractivity contribution in [3.05, 3.63) is 48.2 Å². The van der Waals surface area contributed by atoms with Gasteiger partial charge in [0.05, 0.1) is 0 Å². The standard InChI is InChI=1S/C22H25N5O/c28-21(17-5-4-16-6-9-23-19(16)10-17)26-12-18(22(13-26)7-1-8-22)20-25-24-14-27(20)11-15-2-3-15/h4-6,9-10,14-15,18,23H,1-3,7-8,11-13H2. The fraction of sp³-hybridized carbons (Fsp3) is 0.500. The van der Waals surface area contributed by atoms with Gasteiger partial charge in [0.2, 0.25) is 0 Å². The number of nitrogens with one attached hydrogen (secondary N) is 1. The van der Waals surface area contributed by atoms with Crippen LogP contribution in [0.4, 0.5) is 0 Å². The van der Waals surface area contributed by atoms with Crippen LogP contribution in [0.15, 0.2) is 36.8 Å². The SMILES string of the molecule is O=C(c1ccc2cc[nH]c2c1)N1CC(c2nncn2CC2CC2)C2(CCC2)C1. The second-order valence-electron chi connectivity index (χ2n) is 9.02. The lowest BCUT2D eigenvalue weighted by molar-refractivity contribution is 0.0723. The molecule has 3 aromatic rings. The Labute approximate surface area is 163 Å². The fourth-order valence-electron chi connectivity index (χ4n) is 5.23. The molecule has 144 valence electrons. The van der Waals surface area contributed by atoms with Gasteiger partial charge in [-0.1, -0.05) is 12.5 Å².